The lowest BCUT2D eigenvalue weighted by Crippen LogP contribution is -2.16. The van der Waals surface area contributed by atoms with Gasteiger partial charge in [-0.25, -0.2) is 0 Å². The van der Waals surface area contributed by atoms with E-state index in [2.05, 4.69) is 37.2 Å². The van der Waals surface area contributed by atoms with Gasteiger partial charge in [-0.3, -0.25) is 0 Å². The van der Waals surface area contributed by atoms with E-state index < -0.39 is 0 Å². The summed E-state index contributed by atoms with van der Waals surface area (Å²) in [5, 5.41) is 41.7. The van der Waals surface area contributed by atoms with Gasteiger partial charge in [0.15, 0.2) is 5.84 Å². The van der Waals surface area contributed by atoms with Crippen LogP contribution in [0.5, 0.6) is 11.5 Å². The van der Waals surface area contributed by atoms with Gasteiger partial charge in [-0.1, -0.05) is 68.2 Å². The van der Waals surface area contributed by atoms with Gasteiger partial charge in [0, 0.05) is 27.8 Å². The normalized spacial score (nSPS) is 11.2. The zero-order valence-electron chi connectivity index (χ0n) is 30.5. The molecule has 6 rings (SSSR count). The Hall–Kier alpha value is -6.20. The van der Waals surface area contributed by atoms with Crippen LogP contribution in [0.3, 0.4) is 0 Å². The lowest BCUT2D eigenvalue weighted by atomic mass is 9.86. The molecule has 0 spiro atoms. The van der Waals surface area contributed by atoms with E-state index in [1.54, 1.807) is 36.8 Å². The molecule has 0 amide bonds. The van der Waals surface area contributed by atoms with Crippen molar-refractivity contribution >= 4 is 5.84 Å². The summed E-state index contributed by atoms with van der Waals surface area (Å²) >= 11 is 0. The fourth-order valence-electron chi connectivity index (χ4n) is 6.78. The molecule has 5 N–H and O–H groups in total. The second kappa shape index (κ2) is 16.2. The Morgan fingerprint density at radius 2 is 1.12 bits per heavy atom. The zero-order chi connectivity index (χ0) is 37.5. The van der Waals surface area contributed by atoms with Crippen molar-refractivity contribution < 1.29 is 24.3 Å². The van der Waals surface area contributed by atoms with Crippen molar-refractivity contribution in [1.29, 1.82) is 5.26 Å². The minimum absolute atomic E-state index is 0.0583. The summed E-state index contributed by atoms with van der Waals surface area (Å²) in [7, 11) is 0. The summed E-state index contributed by atoms with van der Waals surface area (Å²) in [5.41, 5.74) is 19.1. The number of nitrogens with two attached hydrogens (primary N) is 1. The van der Waals surface area contributed by atoms with Gasteiger partial charge in [-0.05, 0) is 121 Å². The predicted molar refractivity (Wildman–Crippen MR) is 207 cm³/mol. The van der Waals surface area contributed by atoms with Crippen molar-refractivity contribution in [2.45, 2.75) is 67.2 Å². The topological polar surface area (TPSA) is 149 Å². The maximum Gasteiger partial charge on any atom is 0.170 e. The zero-order valence-corrected chi connectivity index (χ0v) is 30.5. The third-order valence-corrected chi connectivity index (χ3v) is 9.15. The minimum atomic E-state index is 0.0583. The van der Waals surface area contributed by atoms with Crippen LogP contribution in [0.4, 0.5) is 0 Å². The van der Waals surface area contributed by atoms with Crippen molar-refractivity contribution in [3.63, 3.8) is 0 Å². The standard InChI is InChI=1S/C22H24N2O3.C22H21NO2/c1-4-5-15-10-18(16-6-8-17(25)9-7-16)21(19(11-15)22(23)24-26)20-13(2)12-27-14(20)3;1-4-5-16-10-18(12-23)22(21-14(2)13-25-15(21)3)20(11-16)17-6-8-19(24)9-7-17/h6-12,25-26H,4-5H2,1-3H3,(H2,23,24);6-11,13,24H,4-5H2,1-3H3. The number of nitriles is 1. The molecule has 2 heterocycles. The molecule has 4 aromatic carbocycles. The van der Waals surface area contributed by atoms with Gasteiger partial charge in [0.1, 0.15) is 23.0 Å². The molecule has 6 aromatic rings. The van der Waals surface area contributed by atoms with Crippen LogP contribution in [-0.2, 0) is 12.8 Å². The first-order valence-electron chi connectivity index (χ1n) is 17.4. The molecule has 0 bridgehead atoms. The summed E-state index contributed by atoms with van der Waals surface area (Å²) in [6, 6.07) is 24.8. The van der Waals surface area contributed by atoms with E-state index in [0.717, 1.165) is 104 Å². The van der Waals surface area contributed by atoms with Gasteiger partial charge in [0.2, 0.25) is 0 Å². The second-order valence-electron chi connectivity index (χ2n) is 13.0. The van der Waals surface area contributed by atoms with Crippen LogP contribution in [0.2, 0.25) is 0 Å². The third-order valence-electron chi connectivity index (χ3n) is 9.15. The number of oxime groups is 1. The Kier molecular flexibility index (Phi) is 11.6. The average Bonchev–Trinajstić information content (AvgIpc) is 3.66. The smallest absolute Gasteiger partial charge is 0.170 e. The molecule has 0 saturated carbocycles. The molecular weight excluding hydrogens is 651 g/mol. The second-order valence-corrected chi connectivity index (χ2v) is 13.0. The maximum atomic E-state index is 9.79. The molecule has 8 nitrogen and oxygen atoms in total. The number of phenols is 2. The van der Waals surface area contributed by atoms with Gasteiger partial charge in [0.05, 0.1) is 24.2 Å². The van der Waals surface area contributed by atoms with E-state index in [1.165, 1.54) is 0 Å². The molecule has 0 fully saturated rings. The molecule has 0 aliphatic heterocycles. The van der Waals surface area contributed by atoms with Gasteiger partial charge in [-0.2, -0.15) is 5.26 Å². The number of hydrogen-bond donors (Lipinski definition) is 4. The van der Waals surface area contributed by atoms with Crippen LogP contribution in [0.25, 0.3) is 44.5 Å². The van der Waals surface area contributed by atoms with Crippen molar-refractivity contribution in [2.24, 2.45) is 10.9 Å². The quantitative estimate of drug-likeness (QED) is 0.0509. The molecule has 0 aliphatic rings. The van der Waals surface area contributed by atoms with E-state index >= 15 is 0 Å². The monoisotopic (exact) mass is 695 g/mol. The third kappa shape index (κ3) is 7.74. The summed E-state index contributed by atoms with van der Waals surface area (Å²) < 4.78 is 11.2. The van der Waals surface area contributed by atoms with Gasteiger partial charge in [-0.15, -0.1) is 0 Å². The number of amidine groups is 1. The number of phenolic OH excluding ortho intramolecular Hbond substituents is 2. The van der Waals surface area contributed by atoms with Crippen molar-refractivity contribution in [1.82, 2.24) is 0 Å². The molecule has 266 valence electrons. The summed E-state index contributed by atoms with van der Waals surface area (Å²) in [4.78, 5) is 0. The van der Waals surface area contributed by atoms with Crippen molar-refractivity contribution in [3.8, 4) is 62.1 Å². The van der Waals surface area contributed by atoms with Crippen LogP contribution in [0, 0.1) is 39.0 Å². The summed E-state index contributed by atoms with van der Waals surface area (Å²) in [5.74, 6) is 2.06. The van der Waals surface area contributed by atoms with Crippen molar-refractivity contribution in [2.75, 3.05) is 0 Å². The van der Waals surface area contributed by atoms with Crippen LogP contribution in [0.15, 0.2) is 99.3 Å². The minimum Gasteiger partial charge on any atom is -0.508 e. The lowest BCUT2D eigenvalue weighted by molar-refractivity contribution is 0.318. The number of benzene rings is 4. The fourth-order valence-corrected chi connectivity index (χ4v) is 6.78. The van der Waals surface area contributed by atoms with E-state index in [-0.39, 0.29) is 17.3 Å². The predicted octanol–water partition coefficient (Wildman–Crippen LogP) is 10.7. The average molecular weight is 696 g/mol. The number of rotatable bonds is 9. The summed E-state index contributed by atoms with van der Waals surface area (Å²) in [6.45, 7) is 12.0. The fraction of sp³-hybridized carbons (Fsp3) is 0.227. The van der Waals surface area contributed by atoms with Gasteiger partial charge >= 0.3 is 0 Å². The Labute approximate surface area is 305 Å². The Balaban J connectivity index is 0.000000202. The molecule has 52 heavy (non-hydrogen) atoms. The highest BCUT2D eigenvalue weighted by Gasteiger charge is 2.23. The molecule has 2 aromatic heterocycles. The Morgan fingerprint density at radius 3 is 1.52 bits per heavy atom. The van der Waals surface area contributed by atoms with Crippen LogP contribution in [0.1, 0.15) is 71.6 Å². The van der Waals surface area contributed by atoms with E-state index in [9.17, 15) is 20.7 Å². The van der Waals surface area contributed by atoms with Crippen LogP contribution < -0.4 is 5.73 Å². The number of aryl methyl sites for hydroxylation is 6. The molecule has 0 aliphatic carbocycles. The Bertz CT molecular complexity index is 2210. The first-order valence-corrected chi connectivity index (χ1v) is 17.4. The molecular formula is C44H45N3O5. The first kappa shape index (κ1) is 37.1. The molecule has 0 saturated heterocycles. The van der Waals surface area contributed by atoms with E-state index in [4.69, 9.17) is 14.6 Å². The highest BCUT2D eigenvalue weighted by atomic mass is 16.4. The van der Waals surface area contributed by atoms with Crippen molar-refractivity contribution in [3.05, 3.63) is 130 Å². The molecule has 0 atom stereocenters. The Morgan fingerprint density at radius 1 is 0.673 bits per heavy atom. The van der Waals surface area contributed by atoms with E-state index in [0.29, 0.717) is 11.1 Å². The lowest BCUT2D eigenvalue weighted by Gasteiger charge is -2.18. The number of furan rings is 2. The molecule has 8 heteroatoms. The first-order chi connectivity index (χ1) is 25.0. The van der Waals surface area contributed by atoms with Gasteiger partial charge in [0.25, 0.3) is 0 Å². The summed E-state index contributed by atoms with van der Waals surface area (Å²) in [6.07, 6.45) is 7.23. The largest absolute Gasteiger partial charge is 0.508 e. The van der Waals surface area contributed by atoms with Crippen LogP contribution in [-0.4, -0.2) is 21.3 Å². The highest BCUT2D eigenvalue weighted by molar-refractivity contribution is 6.07. The number of hydrogen-bond acceptors (Lipinski definition) is 7. The van der Waals surface area contributed by atoms with Crippen LogP contribution >= 0.6 is 0 Å². The molecule has 0 unspecified atom stereocenters. The number of aromatic hydroxyl groups is 2. The van der Waals surface area contributed by atoms with E-state index in [1.807, 2.05) is 64.1 Å². The highest BCUT2D eigenvalue weighted by Crippen LogP contribution is 2.42. The van der Waals surface area contributed by atoms with Gasteiger partial charge < -0.3 is 30.0 Å². The SMILES string of the molecule is CCCc1cc(C#N)c(-c2c(C)coc2C)c(-c2ccc(O)cc2)c1.CCCc1cc(C(N)=NO)c(-c2c(C)coc2C)c(-c2ccc(O)cc2)c1. The number of nitrogens with zero attached hydrogens (tertiary/aromatic N) is 2. The molecule has 0 radical (unpaired) electrons. The maximum absolute atomic E-state index is 9.79.